The minimum Gasteiger partial charge on any atom is -0.273 e. The maximum absolute atomic E-state index is 11.4. The van der Waals surface area contributed by atoms with Crippen LogP contribution in [-0.2, 0) is 4.79 Å². The molecule has 0 radical (unpaired) electrons. The third-order valence-corrected chi connectivity index (χ3v) is 3.74. The summed E-state index contributed by atoms with van der Waals surface area (Å²) in [4.78, 5) is 11.4. The van der Waals surface area contributed by atoms with Crippen molar-refractivity contribution in [1.82, 2.24) is 15.0 Å². The second kappa shape index (κ2) is 5.00. The van der Waals surface area contributed by atoms with Gasteiger partial charge in [-0.15, -0.1) is 0 Å². The third kappa shape index (κ3) is 2.34. The van der Waals surface area contributed by atoms with Crippen LogP contribution in [0.3, 0.4) is 0 Å². The number of hydrogen-bond donors (Lipinski definition) is 1. The second-order valence-electron chi connectivity index (χ2n) is 5.32. The van der Waals surface area contributed by atoms with Crippen LogP contribution in [0.15, 0.2) is 30.0 Å². The molecule has 3 rings (SSSR count). The molecule has 0 aliphatic carbocycles. The summed E-state index contributed by atoms with van der Waals surface area (Å²) in [5.41, 5.74) is 6.81. The number of allylic oxidation sites excluding steroid dienone is 1. The van der Waals surface area contributed by atoms with Gasteiger partial charge in [0.05, 0.1) is 27.5 Å². The van der Waals surface area contributed by atoms with Crippen molar-refractivity contribution in [3.63, 3.8) is 0 Å². The molecule has 0 bridgehead atoms. The monoisotopic (exact) mass is 302 g/mol. The van der Waals surface area contributed by atoms with Crippen LogP contribution in [-0.4, -0.2) is 21.2 Å². The van der Waals surface area contributed by atoms with Crippen LogP contribution >= 0.6 is 11.6 Å². The van der Waals surface area contributed by atoms with Gasteiger partial charge in [0.15, 0.2) is 0 Å². The Labute approximate surface area is 127 Å². The summed E-state index contributed by atoms with van der Waals surface area (Å²) in [6, 6.07) is 3.72. The maximum atomic E-state index is 11.4. The summed E-state index contributed by atoms with van der Waals surface area (Å²) in [6.07, 6.45) is 2.17. The van der Waals surface area contributed by atoms with Gasteiger partial charge in [-0.1, -0.05) is 25.1 Å². The van der Waals surface area contributed by atoms with Crippen molar-refractivity contribution in [3.05, 3.63) is 41.2 Å². The number of hydrogen-bond acceptors (Lipinski definition) is 3. The van der Waals surface area contributed by atoms with Crippen molar-refractivity contribution >= 4 is 34.3 Å². The number of pyridine rings is 1. The van der Waals surface area contributed by atoms with E-state index in [0.29, 0.717) is 11.4 Å². The van der Waals surface area contributed by atoms with Gasteiger partial charge in [0, 0.05) is 18.5 Å². The average molecular weight is 303 g/mol. The van der Waals surface area contributed by atoms with E-state index < -0.39 is 0 Å². The number of hydrazone groups is 1. The molecule has 108 valence electrons. The van der Waals surface area contributed by atoms with E-state index >= 15 is 0 Å². The first kappa shape index (κ1) is 13.8. The van der Waals surface area contributed by atoms with Crippen molar-refractivity contribution in [2.75, 3.05) is 0 Å². The Morgan fingerprint density at radius 2 is 2.29 bits per heavy atom. The molecule has 1 aliphatic rings. The van der Waals surface area contributed by atoms with Crippen LogP contribution < -0.4 is 5.43 Å². The smallest absolute Gasteiger partial charge is 0.240 e. The van der Waals surface area contributed by atoms with Gasteiger partial charge in [-0.2, -0.15) is 10.2 Å². The van der Waals surface area contributed by atoms with Gasteiger partial charge < -0.3 is 0 Å². The Kier molecular flexibility index (Phi) is 3.29. The Hall–Kier alpha value is -2.14. The highest BCUT2D eigenvalue weighted by molar-refractivity contribution is 6.30. The topological polar surface area (TPSA) is 58.8 Å². The lowest BCUT2D eigenvalue weighted by atomic mass is 9.92. The van der Waals surface area contributed by atoms with Crippen molar-refractivity contribution < 1.29 is 4.79 Å². The van der Waals surface area contributed by atoms with Crippen LogP contribution in [0, 0.1) is 5.92 Å². The van der Waals surface area contributed by atoms with Crippen molar-refractivity contribution in [2.24, 2.45) is 11.0 Å². The van der Waals surface area contributed by atoms with E-state index in [1.54, 1.807) is 10.7 Å². The molecule has 2 aromatic heterocycles. The van der Waals surface area contributed by atoms with Gasteiger partial charge in [-0.05, 0) is 24.6 Å². The standard InChI is InChI=1S/C15H15ClN4O/c1-8(2)14-13(15-9(3)6-12(21)17-18-15)11-5-4-10(16)7-20(11)19-14/h4-5,7,9H,1,6H2,2-3H3,(H,17,21). The molecule has 0 aromatic carbocycles. The van der Waals surface area contributed by atoms with E-state index in [1.807, 2.05) is 26.0 Å². The first-order valence-electron chi connectivity index (χ1n) is 6.68. The lowest BCUT2D eigenvalue weighted by Crippen LogP contribution is -2.32. The highest BCUT2D eigenvalue weighted by Gasteiger charge is 2.27. The fourth-order valence-corrected chi connectivity index (χ4v) is 2.69. The van der Waals surface area contributed by atoms with Gasteiger partial charge in [0.1, 0.15) is 0 Å². The van der Waals surface area contributed by atoms with Crippen LogP contribution in [0.1, 0.15) is 31.5 Å². The van der Waals surface area contributed by atoms with E-state index in [2.05, 4.69) is 22.2 Å². The van der Waals surface area contributed by atoms with E-state index in [4.69, 9.17) is 11.6 Å². The quantitative estimate of drug-likeness (QED) is 0.927. The fourth-order valence-electron chi connectivity index (χ4n) is 2.53. The van der Waals surface area contributed by atoms with Crippen LogP contribution in [0.25, 0.3) is 11.1 Å². The van der Waals surface area contributed by atoms with Crippen molar-refractivity contribution in [2.45, 2.75) is 20.3 Å². The molecular formula is C15H15ClN4O. The summed E-state index contributed by atoms with van der Waals surface area (Å²) in [6.45, 7) is 7.87. The number of rotatable bonds is 2. The highest BCUT2D eigenvalue weighted by atomic mass is 35.5. The molecule has 0 saturated heterocycles. The van der Waals surface area contributed by atoms with Gasteiger partial charge >= 0.3 is 0 Å². The van der Waals surface area contributed by atoms with Crippen LogP contribution in [0.5, 0.6) is 0 Å². The lowest BCUT2D eigenvalue weighted by molar-refractivity contribution is -0.121. The molecule has 21 heavy (non-hydrogen) atoms. The zero-order chi connectivity index (χ0) is 15.1. The van der Waals surface area contributed by atoms with Crippen LogP contribution in [0.2, 0.25) is 5.02 Å². The zero-order valence-corrected chi connectivity index (χ0v) is 12.6. The molecule has 0 fully saturated rings. The van der Waals surface area contributed by atoms with Gasteiger partial charge in [0.25, 0.3) is 0 Å². The van der Waals surface area contributed by atoms with E-state index in [1.165, 1.54) is 0 Å². The van der Waals surface area contributed by atoms with Crippen LogP contribution in [0.4, 0.5) is 0 Å². The zero-order valence-electron chi connectivity index (χ0n) is 11.9. The number of nitrogens with one attached hydrogen (secondary N) is 1. The summed E-state index contributed by atoms with van der Waals surface area (Å²) in [5.74, 6) is -0.0387. The predicted octanol–water partition coefficient (Wildman–Crippen LogP) is 2.88. The number of nitrogens with zero attached hydrogens (tertiary/aromatic N) is 3. The molecule has 3 heterocycles. The number of aromatic nitrogens is 2. The Morgan fingerprint density at radius 3 is 2.95 bits per heavy atom. The van der Waals surface area contributed by atoms with E-state index in [-0.39, 0.29) is 11.8 Å². The molecule has 5 nitrogen and oxygen atoms in total. The molecular weight excluding hydrogens is 288 g/mol. The Morgan fingerprint density at radius 1 is 1.52 bits per heavy atom. The van der Waals surface area contributed by atoms with Gasteiger partial charge in [0.2, 0.25) is 5.91 Å². The Balaban J connectivity index is 2.27. The Bertz CT molecular complexity index is 790. The van der Waals surface area contributed by atoms with E-state index in [9.17, 15) is 4.79 Å². The summed E-state index contributed by atoms with van der Waals surface area (Å²) in [7, 11) is 0. The molecule has 2 aromatic rings. The number of halogens is 1. The SMILES string of the molecule is C=C(C)c1nn2cc(Cl)ccc2c1C1=NNC(=O)CC1C. The third-order valence-electron chi connectivity index (χ3n) is 3.51. The normalized spacial score (nSPS) is 18.5. The number of carbonyl (C=O) groups excluding carboxylic acids is 1. The van der Waals surface area contributed by atoms with Crippen molar-refractivity contribution in [3.8, 4) is 0 Å². The fraction of sp³-hybridized carbons (Fsp3) is 0.267. The first-order chi connectivity index (χ1) is 9.97. The van der Waals surface area contributed by atoms with Gasteiger partial charge in [-0.25, -0.2) is 9.94 Å². The molecule has 1 N–H and O–H groups in total. The molecule has 0 saturated carbocycles. The first-order valence-corrected chi connectivity index (χ1v) is 7.05. The van der Waals surface area contributed by atoms with E-state index in [0.717, 1.165) is 28.1 Å². The van der Waals surface area contributed by atoms with Crippen molar-refractivity contribution in [1.29, 1.82) is 0 Å². The largest absolute Gasteiger partial charge is 0.273 e. The number of amides is 1. The second-order valence-corrected chi connectivity index (χ2v) is 5.75. The highest BCUT2D eigenvalue weighted by Crippen LogP contribution is 2.28. The molecule has 1 amide bonds. The summed E-state index contributed by atoms with van der Waals surface area (Å²) >= 11 is 6.02. The maximum Gasteiger partial charge on any atom is 0.240 e. The lowest BCUT2D eigenvalue weighted by Gasteiger charge is -2.19. The predicted molar refractivity (Wildman–Crippen MR) is 83.4 cm³/mol. The minimum absolute atomic E-state index is 0.0283. The summed E-state index contributed by atoms with van der Waals surface area (Å²) in [5, 5.41) is 9.39. The number of carbonyl (C=O) groups is 1. The molecule has 1 unspecified atom stereocenters. The minimum atomic E-state index is -0.0670. The van der Waals surface area contributed by atoms with Gasteiger partial charge in [-0.3, -0.25) is 4.79 Å². The average Bonchev–Trinajstić information content (AvgIpc) is 2.77. The molecule has 0 spiro atoms. The molecule has 6 heteroatoms. The number of fused-ring (bicyclic) bond motifs is 1. The summed E-state index contributed by atoms with van der Waals surface area (Å²) < 4.78 is 1.73. The molecule has 1 aliphatic heterocycles. The molecule has 1 atom stereocenters.